The van der Waals surface area contributed by atoms with Crippen LogP contribution in [-0.4, -0.2) is 5.78 Å². The highest BCUT2D eigenvalue weighted by Gasteiger charge is 2.31. The maximum atomic E-state index is 11.3. The van der Waals surface area contributed by atoms with Crippen LogP contribution in [0, 0.1) is 5.92 Å². The number of Topliss-reactive ketones (excluding diaryl/α,β-unsaturated/α-hetero) is 1. The fourth-order valence-electron chi connectivity index (χ4n) is 2.29. The van der Waals surface area contributed by atoms with Crippen molar-refractivity contribution in [1.29, 1.82) is 0 Å². The summed E-state index contributed by atoms with van der Waals surface area (Å²) in [6, 6.07) is 8.38. The summed E-state index contributed by atoms with van der Waals surface area (Å²) in [5.74, 6) is 0.954. The van der Waals surface area contributed by atoms with Crippen molar-refractivity contribution in [3.05, 3.63) is 35.4 Å². The van der Waals surface area contributed by atoms with Gasteiger partial charge in [-0.3, -0.25) is 4.79 Å². The number of ketones is 1. The van der Waals surface area contributed by atoms with E-state index in [1.165, 1.54) is 11.1 Å². The largest absolute Gasteiger partial charge is 0.300 e. The minimum absolute atomic E-state index is 0.220. The van der Waals surface area contributed by atoms with E-state index in [-0.39, 0.29) is 5.92 Å². The smallest absolute Gasteiger partial charge is 0.133 e. The Hall–Kier alpha value is -1.11. The van der Waals surface area contributed by atoms with Gasteiger partial charge >= 0.3 is 0 Å². The minimum Gasteiger partial charge on any atom is -0.300 e. The average molecular weight is 174 g/mol. The zero-order valence-corrected chi connectivity index (χ0v) is 8.08. The summed E-state index contributed by atoms with van der Waals surface area (Å²) in [7, 11) is 0. The van der Waals surface area contributed by atoms with E-state index < -0.39 is 0 Å². The average Bonchev–Trinajstić information content (AvgIpc) is 2.45. The zero-order chi connectivity index (χ0) is 9.42. The molecular formula is C12H14O. The Balaban J connectivity index is 2.38. The molecule has 0 spiro atoms. The van der Waals surface area contributed by atoms with Gasteiger partial charge in [0.25, 0.3) is 0 Å². The fraction of sp³-hybridized carbons (Fsp3) is 0.417. The van der Waals surface area contributed by atoms with Crippen molar-refractivity contribution in [3.63, 3.8) is 0 Å². The molecule has 68 valence electrons. The Kier molecular flexibility index (Phi) is 1.95. The van der Waals surface area contributed by atoms with Gasteiger partial charge in [0.15, 0.2) is 0 Å². The lowest BCUT2D eigenvalue weighted by molar-refractivity contribution is -0.120. The van der Waals surface area contributed by atoms with Crippen molar-refractivity contribution in [1.82, 2.24) is 0 Å². The van der Waals surface area contributed by atoms with Gasteiger partial charge in [0, 0.05) is 5.92 Å². The number of fused-ring (bicyclic) bond motifs is 1. The van der Waals surface area contributed by atoms with Crippen LogP contribution in [0.25, 0.3) is 0 Å². The Bertz CT molecular complexity index is 341. The van der Waals surface area contributed by atoms with Crippen molar-refractivity contribution in [2.24, 2.45) is 5.92 Å². The fourth-order valence-corrected chi connectivity index (χ4v) is 2.29. The molecule has 13 heavy (non-hydrogen) atoms. The van der Waals surface area contributed by atoms with Crippen LogP contribution in [0.5, 0.6) is 0 Å². The molecule has 0 aromatic heterocycles. The van der Waals surface area contributed by atoms with Gasteiger partial charge in [0.05, 0.1) is 0 Å². The van der Waals surface area contributed by atoms with Gasteiger partial charge in [-0.15, -0.1) is 0 Å². The van der Waals surface area contributed by atoms with E-state index in [0.717, 1.165) is 6.42 Å². The van der Waals surface area contributed by atoms with Crippen molar-refractivity contribution < 1.29 is 4.79 Å². The second-order valence-corrected chi connectivity index (χ2v) is 3.91. The summed E-state index contributed by atoms with van der Waals surface area (Å²) in [6.07, 6.45) is 0.937. The van der Waals surface area contributed by atoms with Gasteiger partial charge in [0.1, 0.15) is 5.78 Å². The predicted octanol–water partition coefficient (Wildman–Crippen LogP) is 2.55. The van der Waals surface area contributed by atoms with Crippen molar-refractivity contribution in [3.8, 4) is 0 Å². The summed E-state index contributed by atoms with van der Waals surface area (Å²) in [6.45, 7) is 3.85. The molecule has 1 nitrogen and oxygen atoms in total. The summed E-state index contributed by atoms with van der Waals surface area (Å²) in [4.78, 5) is 11.3. The molecule has 0 bridgehead atoms. The van der Waals surface area contributed by atoms with Crippen LogP contribution in [0.15, 0.2) is 24.3 Å². The number of rotatable bonds is 1. The summed E-state index contributed by atoms with van der Waals surface area (Å²) >= 11 is 0. The molecule has 1 aliphatic rings. The molecule has 0 heterocycles. The van der Waals surface area contributed by atoms with E-state index in [2.05, 4.69) is 25.1 Å². The first-order valence-electron chi connectivity index (χ1n) is 4.78. The van der Waals surface area contributed by atoms with Crippen molar-refractivity contribution >= 4 is 5.78 Å². The number of hydrogen-bond acceptors (Lipinski definition) is 1. The highest BCUT2D eigenvalue weighted by molar-refractivity contribution is 5.80. The Morgan fingerprint density at radius 2 is 2.08 bits per heavy atom. The molecule has 1 heteroatoms. The molecule has 0 saturated carbocycles. The van der Waals surface area contributed by atoms with Gasteiger partial charge in [-0.2, -0.15) is 0 Å². The molecule has 2 atom stereocenters. The van der Waals surface area contributed by atoms with Crippen LogP contribution in [0.4, 0.5) is 0 Å². The van der Waals surface area contributed by atoms with Crippen molar-refractivity contribution in [2.45, 2.75) is 26.2 Å². The molecule has 0 aliphatic heterocycles. The van der Waals surface area contributed by atoms with Crippen LogP contribution < -0.4 is 0 Å². The zero-order valence-electron chi connectivity index (χ0n) is 8.08. The molecular weight excluding hydrogens is 160 g/mol. The maximum Gasteiger partial charge on any atom is 0.133 e. The van der Waals surface area contributed by atoms with Crippen molar-refractivity contribution in [2.75, 3.05) is 0 Å². The molecule has 0 N–H and O–H groups in total. The normalized spacial score (nSPS) is 25.7. The molecule has 0 fully saturated rings. The Labute approximate surface area is 78.8 Å². The lowest BCUT2D eigenvalue weighted by atomic mass is 9.92. The Morgan fingerprint density at radius 3 is 2.69 bits per heavy atom. The highest BCUT2D eigenvalue weighted by atomic mass is 16.1. The molecule has 0 unspecified atom stereocenters. The number of carbonyl (C=O) groups excluding carboxylic acids is 1. The quantitative estimate of drug-likeness (QED) is 0.639. The SMILES string of the molecule is CC(=O)[C@H]1Cc2ccccc2[C@H]1C. The van der Waals surface area contributed by atoms with Crippen LogP contribution in [-0.2, 0) is 11.2 Å². The molecule has 0 radical (unpaired) electrons. The first kappa shape index (κ1) is 8.49. The van der Waals surface area contributed by atoms with Gasteiger partial charge in [-0.05, 0) is 30.4 Å². The van der Waals surface area contributed by atoms with E-state index in [1.807, 2.05) is 6.07 Å². The Morgan fingerprint density at radius 1 is 1.38 bits per heavy atom. The second kappa shape index (κ2) is 2.99. The topological polar surface area (TPSA) is 17.1 Å². The first-order valence-corrected chi connectivity index (χ1v) is 4.78. The first-order chi connectivity index (χ1) is 6.20. The summed E-state index contributed by atoms with van der Waals surface area (Å²) < 4.78 is 0. The van der Waals surface area contributed by atoms with Gasteiger partial charge in [-0.25, -0.2) is 0 Å². The summed E-state index contributed by atoms with van der Waals surface area (Å²) in [5.41, 5.74) is 2.72. The van der Waals surface area contributed by atoms with Gasteiger partial charge in [0.2, 0.25) is 0 Å². The lowest BCUT2D eigenvalue weighted by Crippen LogP contribution is -2.13. The third kappa shape index (κ3) is 1.28. The standard InChI is InChI=1S/C12H14O/c1-8-11-6-4-3-5-10(11)7-12(8)9(2)13/h3-6,8,12H,7H2,1-2H3/t8-,12+/m1/s1. The molecule has 1 aliphatic carbocycles. The number of carbonyl (C=O) groups is 1. The monoisotopic (exact) mass is 174 g/mol. The van der Waals surface area contributed by atoms with E-state index in [0.29, 0.717) is 11.7 Å². The van der Waals surface area contributed by atoms with E-state index in [1.54, 1.807) is 6.92 Å². The molecule has 1 aromatic rings. The number of benzene rings is 1. The van der Waals surface area contributed by atoms with Crippen LogP contribution >= 0.6 is 0 Å². The minimum atomic E-state index is 0.220. The third-order valence-electron chi connectivity index (χ3n) is 3.11. The molecule has 2 rings (SSSR count). The highest BCUT2D eigenvalue weighted by Crippen LogP contribution is 2.37. The molecule has 1 aromatic carbocycles. The van der Waals surface area contributed by atoms with E-state index >= 15 is 0 Å². The van der Waals surface area contributed by atoms with E-state index in [9.17, 15) is 4.79 Å². The van der Waals surface area contributed by atoms with Crippen LogP contribution in [0.1, 0.15) is 30.9 Å². The maximum absolute atomic E-state index is 11.3. The molecule has 0 amide bonds. The van der Waals surface area contributed by atoms with Crippen LogP contribution in [0.3, 0.4) is 0 Å². The molecule has 0 saturated heterocycles. The third-order valence-corrected chi connectivity index (χ3v) is 3.11. The lowest BCUT2D eigenvalue weighted by Gasteiger charge is -2.11. The van der Waals surface area contributed by atoms with Gasteiger partial charge < -0.3 is 0 Å². The predicted molar refractivity (Wildman–Crippen MR) is 52.7 cm³/mol. The summed E-state index contributed by atoms with van der Waals surface area (Å²) in [5, 5.41) is 0. The van der Waals surface area contributed by atoms with E-state index in [4.69, 9.17) is 0 Å². The number of hydrogen-bond donors (Lipinski definition) is 0. The second-order valence-electron chi connectivity index (χ2n) is 3.91. The van der Waals surface area contributed by atoms with Crippen LogP contribution in [0.2, 0.25) is 0 Å². The van der Waals surface area contributed by atoms with Gasteiger partial charge in [-0.1, -0.05) is 31.2 Å².